The lowest BCUT2D eigenvalue weighted by atomic mass is 10.0. The van der Waals surface area contributed by atoms with Gasteiger partial charge >= 0.3 is 12.1 Å². The Morgan fingerprint density at radius 3 is 2.55 bits per heavy atom. The zero-order chi connectivity index (χ0) is 15.3. The molecule has 1 aliphatic rings. The number of carbonyl (C=O) groups is 2. The van der Waals surface area contributed by atoms with Gasteiger partial charge in [0, 0.05) is 13.1 Å². The smallest absolute Gasteiger partial charge is 0.410 e. The van der Waals surface area contributed by atoms with Gasteiger partial charge in [0.2, 0.25) is 0 Å². The van der Waals surface area contributed by atoms with Gasteiger partial charge in [-0.1, -0.05) is 0 Å². The van der Waals surface area contributed by atoms with E-state index >= 15 is 0 Å². The number of rotatable bonds is 2. The molecule has 1 N–H and O–H groups in total. The van der Waals surface area contributed by atoms with Crippen LogP contribution in [0.15, 0.2) is 0 Å². The van der Waals surface area contributed by atoms with Crippen molar-refractivity contribution in [2.24, 2.45) is 5.92 Å². The lowest BCUT2D eigenvalue weighted by Crippen LogP contribution is -2.40. The van der Waals surface area contributed by atoms with Crippen molar-refractivity contribution >= 4 is 12.1 Å². The summed E-state index contributed by atoms with van der Waals surface area (Å²) in [6.07, 6.45) is -0.300. The fourth-order valence-corrected chi connectivity index (χ4v) is 2.11. The van der Waals surface area contributed by atoms with Crippen LogP contribution >= 0.6 is 0 Å². The predicted octanol–water partition coefficient (Wildman–Crippen LogP) is 1.56. The normalized spacial score (nSPS) is 23.9. The van der Waals surface area contributed by atoms with Gasteiger partial charge < -0.3 is 19.5 Å². The topological polar surface area (TPSA) is 76.1 Å². The third-order valence-corrected chi connectivity index (χ3v) is 3.00. The summed E-state index contributed by atoms with van der Waals surface area (Å²) >= 11 is 0. The first-order valence-electron chi connectivity index (χ1n) is 7.05. The van der Waals surface area contributed by atoms with Gasteiger partial charge in [0.15, 0.2) is 0 Å². The van der Waals surface area contributed by atoms with Crippen LogP contribution in [0.5, 0.6) is 0 Å². The molecule has 1 aliphatic heterocycles. The van der Waals surface area contributed by atoms with Crippen LogP contribution in [-0.2, 0) is 14.3 Å². The molecule has 1 amide bonds. The number of nitrogens with zero attached hydrogens (tertiary/aromatic N) is 1. The van der Waals surface area contributed by atoms with E-state index < -0.39 is 23.7 Å². The number of ether oxygens (including phenoxy) is 2. The maximum Gasteiger partial charge on any atom is 0.410 e. The van der Waals surface area contributed by atoms with Crippen molar-refractivity contribution in [1.82, 2.24) is 4.90 Å². The van der Waals surface area contributed by atoms with Gasteiger partial charge in [-0.05, 0) is 40.5 Å². The van der Waals surface area contributed by atoms with Crippen LogP contribution in [0.1, 0.15) is 40.5 Å². The van der Waals surface area contributed by atoms with Gasteiger partial charge in [-0.15, -0.1) is 0 Å². The summed E-state index contributed by atoms with van der Waals surface area (Å²) in [6.45, 7) is 8.01. The van der Waals surface area contributed by atoms with Gasteiger partial charge in [0.1, 0.15) is 5.60 Å². The number of hydrogen-bond acceptors (Lipinski definition) is 5. The van der Waals surface area contributed by atoms with Gasteiger partial charge in [0.25, 0.3) is 0 Å². The van der Waals surface area contributed by atoms with Gasteiger partial charge in [-0.25, -0.2) is 4.79 Å². The molecular formula is C14H25NO5. The third-order valence-electron chi connectivity index (χ3n) is 3.00. The lowest BCUT2D eigenvalue weighted by Gasteiger charge is -2.27. The van der Waals surface area contributed by atoms with Crippen molar-refractivity contribution < 1.29 is 24.2 Å². The number of aliphatic hydroxyl groups is 1. The highest BCUT2D eigenvalue weighted by Crippen LogP contribution is 2.20. The van der Waals surface area contributed by atoms with Gasteiger partial charge in [0.05, 0.1) is 18.6 Å². The maximum absolute atomic E-state index is 12.1. The average molecular weight is 287 g/mol. The van der Waals surface area contributed by atoms with Crippen LogP contribution in [0.25, 0.3) is 0 Å². The van der Waals surface area contributed by atoms with Crippen molar-refractivity contribution in [3.05, 3.63) is 0 Å². The fourth-order valence-electron chi connectivity index (χ4n) is 2.11. The first kappa shape index (κ1) is 16.8. The van der Waals surface area contributed by atoms with E-state index in [0.29, 0.717) is 19.4 Å². The summed E-state index contributed by atoms with van der Waals surface area (Å²) in [5, 5.41) is 9.82. The Morgan fingerprint density at radius 1 is 1.35 bits per heavy atom. The van der Waals surface area contributed by atoms with E-state index in [4.69, 9.17) is 9.47 Å². The van der Waals surface area contributed by atoms with Crippen molar-refractivity contribution in [2.45, 2.75) is 52.2 Å². The number of amides is 1. The number of hydrogen-bond donors (Lipinski definition) is 1. The molecule has 1 fully saturated rings. The monoisotopic (exact) mass is 287 g/mol. The Bertz CT molecular complexity index is 350. The van der Waals surface area contributed by atoms with E-state index in [0.717, 1.165) is 0 Å². The SMILES string of the molecule is CCOC(=O)C1CC(O)CCN(C(=O)OC(C)(C)C)C1. The zero-order valence-corrected chi connectivity index (χ0v) is 12.7. The number of esters is 1. The summed E-state index contributed by atoms with van der Waals surface area (Å²) in [7, 11) is 0. The predicted molar refractivity (Wildman–Crippen MR) is 73.2 cm³/mol. The second kappa shape index (κ2) is 6.92. The van der Waals surface area contributed by atoms with Crippen LogP contribution in [0.3, 0.4) is 0 Å². The molecule has 0 spiro atoms. The summed E-state index contributed by atoms with van der Waals surface area (Å²) < 4.78 is 10.3. The second-order valence-corrected chi connectivity index (χ2v) is 6.05. The molecule has 0 aromatic heterocycles. The standard InChI is InChI=1S/C14H25NO5/c1-5-19-12(17)10-8-11(16)6-7-15(9-10)13(18)20-14(2,3)4/h10-11,16H,5-9H2,1-4H3. The molecule has 0 aromatic carbocycles. The molecule has 20 heavy (non-hydrogen) atoms. The van der Waals surface area contributed by atoms with Crippen LogP contribution in [0, 0.1) is 5.92 Å². The summed E-state index contributed by atoms with van der Waals surface area (Å²) in [6, 6.07) is 0. The van der Waals surface area contributed by atoms with Crippen molar-refractivity contribution in [2.75, 3.05) is 19.7 Å². The molecule has 1 saturated heterocycles. The first-order chi connectivity index (χ1) is 9.23. The molecule has 0 bridgehead atoms. The fraction of sp³-hybridized carbons (Fsp3) is 0.857. The average Bonchev–Trinajstić information content (AvgIpc) is 2.49. The van der Waals surface area contributed by atoms with E-state index in [2.05, 4.69) is 0 Å². The Balaban J connectivity index is 2.72. The number of likely N-dealkylation sites (tertiary alicyclic amines) is 1. The maximum atomic E-state index is 12.1. The lowest BCUT2D eigenvalue weighted by molar-refractivity contribution is -0.149. The number of carbonyl (C=O) groups excluding carboxylic acids is 2. The molecule has 6 nitrogen and oxygen atoms in total. The third kappa shape index (κ3) is 5.36. The molecule has 1 rings (SSSR count). The van der Waals surface area contributed by atoms with E-state index in [1.165, 1.54) is 4.90 Å². The molecule has 2 atom stereocenters. The van der Waals surface area contributed by atoms with Crippen molar-refractivity contribution in [1.29, 1.82) is 0 Å². The summed E-state index contributed by atoms with van der Waals surface area (Å²) in [5.74, 6) is -0.873. The second-order valence-electron chi connectivity index (χ2n) is 6.05. The van der Waals surface area contributed by atoms with Crippen LogP contribution in [0.2, 0.25) is 0 Å². The zero-order valence-electron chi connectivity index (χ0n) is 12.7. The van der Waals surface area contributed by atoms with Crippen molar-refractivity contribution in [3.63, 3.8) is 0 Å². The summed E-state index contributed by atoms with van der Waals surface area (Å²) in [5.41, 5.74) is -0.582. The largest absolute Gasteiger partial charge is 0.466 e. The highest BCUT2D eigenvalue weighted by Gasteiger charge is 2.33. The minimum absolute atomic E-state index is 0.227. The molecule has 0 aliphatic carbocycles. The molecule has 1 heterocycles. The van der Waals surface area contributed by atoms with Crippen LogP contribution in [0.4, 0.5) is 4.79 Å². The van der Waals surface area contributed by atoms with Crippen molar-refractivity contribution in [3.8, 4) is 0 Å². The van der Waals surface area contributed by atoms with Crippen LogP contribution in [-0.4, -0.2) is 53.5 Å². The van der Waals surface area contributed by atoms with E-state index in [-0.39, 0.29) is 19.1 Å². The quantitative estimate of drug-likeness (QED) is 0.780. The van der Waals surface area contributed by atoms with Crippen LogP contribution < -0.4 is 0 Å². The van der Waals surface area contributed by atoms with E-state index in [1.54, 1.807) is 27.7 Å². The molecule has 0 aromatic rings. The highest BCUT2D eigenvalue weighted by molar-refractivity contribution is 5.74. The molecule has 6 heteroatoms. The van der Waals surface area contributed by atoms with Gasteiger partial charge in [-0.2, -0.15) is 0 Å². The minimum atomic E-state index is -0.600. The summed E-state index contributed by atoms with van der Waals surface area (Å²) in [4.78, 5) is 25.4. The van der Waals surface area contributed by atoms with E-state index in [1.807, 2.05) is 0 Å². The highest BCUT2D eigenvalue weighted by atomic mass is 16.6. The number of aliphatic hydroxyl groups excluding tert-OH is 1. The van der Waals surface area contributed by atoms with E-state index in [9.17, 15) is 14.7 Å². The molecule has 116 valence electrons. The molecular weight excluding hydrogens is 262 g/mol. The Morgan fingerprint density at radius 2 is 2.00 bits per heavy atom. The molecule has 0 radical (unpaired) electrons. The minimum Gasteiger partial charge on any atom is -0.466 e. The Kier molecular flexibility index (Phi) is 5.80. The Labute approximate surface area is 120 Å². The van der Waals surface area contributed by atoms with Gasteiger partial charge in [-0.3, -0.25) is 4.79 Å². The molecule has 0 saturated carbocycles. The molecule has 2 unspecified atom stereocenters. The first-order valence-corrected chi connectivity index (χ1v) is 7.05. The Hall–Kier alpha value is -1.30.